The third kappa shape index (κ3) is 13.8. The number of hydrogen-bond acceptors (Lipinski definition) is 3. The monoisotopic (exact) mass is 244 g/mol. The molecule has 0 aromatic rings. The molecule has 0 aliphatic heterocycles. The minimum absolute atomic E-state index is 0.419. The maximum Gasteiger partial charge on any atom is 0.0594 e. The first-order chi connectivity index (χ1) is 8.16. The van der Waals surface area contributed by atoms with Crippen LogP contribution in [0.1, 0.15) is 46.0 Å². The summed E-state index contributed by atoms with van der Waals surface area (Å²) in [5, 5.41) is 3.38. The zero-order valence-electron chi connectivity index (χ0n) is 12.3. The molecule has 0 saturated heterocycles. The van der Waals surface area contributed by atoms with E-state index in [1.807, 2.05) is 0 Å². The summed E-state index contributed by atoms with van der Waals surface area (Å²) >= 11 is 0. The molecule has 0 radical (unpaired) electrons. The van der Waals surface area contributed by atoms with Gasteiger partial charge in [-0.3, -0.25) is 0 Å². The number of hydrogen-bond donors (Lipinski definition) is 1. The summed E-state index contributed by atoms with van der Waals surface area (Å²) < 4.78 is 5.75. The Morgan fingerprint density at radius 1 is 1.12 bits per heavy atom. The molecule has 1 unspecified atom stereocenters. The fraction of sp³-hybridized carbons (Fsp3) is 1.00. The van der Waals surface area contributed by atoms with Gasteiger partial charge in [-0.1, -0.05) is 32.6 Å². The van der Waals surface area contributed by atoms with Crippen LogP contribution in [0.5, 0.6) is 0 Å². The SMILES string of the molecule is CCCCCCC(C)OCCNCCN(C)C. The van der Waals surface area contributed by atoms with Crippen LogP contribution in [0.15, 0.2) is 0 Å². The Morgan fingerprint density at radius 3 is 2.53 bits per heavy atom. The summed E-state index contributed by atoms with van der Waals surface area (Å²) in [5.41, 5.74) is 0. The molecule has 0 fully saturated rings. The highest BCUT2D eigenvalue weighted by atomic mass is 16.5. The van der Waals surface area contributed by atoms with Gasteiger partial charge in [0.1, 0.15) is 0 Å². The Morgan fingerprint density at radius 2 is 1.88 bits per heavy atom. The molecule has 3 heteroatoms. The van der Waals surface area contributed by atoms with Crippen LogP contribution in [0.2, 0.25) is 0 Å². The maximum absolute atomic E-state index is 5.75. The topological polar surface area (TPSA) is 24.5 Å². The normalized spacial score (nSPS) is 13.2. The van der Waals surface area contributed by atoms with Crippen molar-refractivity contribution in [3.8, 4) is 0 Å². The lowest BCUT2D eigenvalue weighted by Crippen LogP contribution is -2.29. The standard InChI is InChI=1S/C14H32N2O/c1-5-6-7-8-9-14(2)17-13-11-15-10-12-16(3)4/h14-15H,5-13H2,1-4H3. The molecule has 1 atom stereocenters. The Labute approximate surface area is 108 Å². The molecule has 17 heavy (non-hydrogen) atoms. The number of ether oxygens (including phenoxy) is 1. The largest absolute Gasteiger partial charge is 0.377 e. The molecule has 104 valence electrons. The van der Waals surface area contributed by atoms with Gasteiger partial charge in [0, 0.05) is 19.6 Å². The van der Waals surface area contributed by atoms with Crippen molar-refractivity contribution in [1.29, 1.82) is 0 Å². The van der Waals surface area contributed by atoms with Crippen LogP contribution >= 0.6 is 0 Å². The highest BCUT2D eigenvalue weighted by Crippen LogP contribution is 2.07. The predicted molar refractivity (Wildman–Crippen MR) is 75.6 cm³/mol. The lowest BCUT2D eigenvalue weighted by atomic mass is 10.1. The number of likely N-dealkylation sites (N-methyl/N-ethyl adjacent to an activating group) is 1. The molecule has 0 spiro atoms. The van der Waals surface area contributed by atoms with E-state index in [1.165, 1.54) is 32.1 Å². The number of nitrogens with one attached hydrogen (secondary N) is 1. The van der Waals surface area contributed by atoms with Crippen LogP contribution in [0.4, 0.5) is 0 Å². The Kier molecular flexibility index (Phi) is 12.3. The number of rotatable bonds is 12. The third-order valence-corrected chi connectivity index (χ3v) is 2.88. The van der Waals surface area contributed by atoms with Crippen LogP contribution in [0, 0.1) is 0 Å². The van der Waals surface area contributed by atoms with Gasteiger partial charge in [0.2, 0.25) is 0 Å². The van der Waals surface area contributed by atoms with Gasteiger partial charge in [0.05, 0.1) is 12.7 Å². The molecular weight excluding hydrogens is 212 g/mol. The maximum atomic E-state index is 5.75. The fourth-order valence-electron chi connectivity index (χ4n) is 1.70. The van der Waals surface area contributed by atoms with Crippen LogP contribution in [0.3, 0.4) is 0 Å². The average molecular weight is 244 g/mol. The number of nitrogens with zero attached hydrogens (tertiary/aromatic N) is 1. The molecule has 1 N–H and O–H groups in total. The van der Waals surface area contributed by atoms with Crippen molar-refractivity contribution in [1.82, 2.24) is 10.2 Å². The molecule has 0 aromatic carbocycles. The van der Waals surface area contributed by atoms with E-state index in [0.717, 1.165) is 26.2 Å². The molecule has 0 rings (SSSR count). The second-order valence-corrected chi connectivity index (χ2v) is 5.08. The minimum Gasteiger partial charge on any atom is -0.377 e. The van der Waals surface area contributed by atoms with Gasteiger partial charge in [-0.15, -0.1) is 0 Å². The van der Waals surface area contributed by atoms with E-state index in [2.05, 4.69) is 38.2 Å². The molecule has 0 bridgehead atoms. The second kappa shape index (κ2) is 12.3. The second-order valence-electron chi connectivity index (χ2n) is 5.08. The van der Waals surface area contributed by atoms with Crippen LogP contribution in [-0.2, 0) is 4.74 Å². The van der Waals surface area contributed by atoms with Crippen LogP contribution in [0.25, 0.3) is 0 Å². The predicted octanol–water partition coefficient (Wildman–Crippen LogP) is 2.51. The van der Waals surface area contributed by atoms with E-state index in [-0.39, 0.29) is 0 Å². The summed E-state index contributed by atoms with van der Waals surface area (Å²) in [7, 11) is 4.19. The summed E-state index contributed by atoms with van der Waals surface area (Å²) in [6.07, 6.45) is 6.96. The Balaban J connectivity index is 3.13. The average Bonchev–Trinajstić information content (AvgIpc) is 2.29. The summed E-state index contributed by atoms with van der Waals surface area (Å²) in [6.45, 7) is 8.37. The summed E-state index contributed by atoms with van der Waals surface area (Å²) in [5.74, 6) is 0. The lowest BCUT2D eigenvalue weighted by Gasteiger charge is -2.14. The smallest absolute Gasteiger partial charge is 0.0594 e. The van der Waals surface area contributed by atoms with E-state index < -0.39 is 0 Å². The van der Waals surface area contributed by atoms with Crippen molar-refractivity contribution < 1.29 is 4.74 Å². The van der Waals surface area contributed by atoms with Crippen molar-refractivity contribution in [2.45, 2.75) is 52.1 Å². The zero-order chi connectivity index (χ0) is 12.9. The lowest BCUT2D eigenvalue weighted by molar-refractivity contribution is 0.0603. The molecule has 0 aromatic heterocycles. The van der Waals surface area contributed by atoms with Gasteiger partial charge in [0.25, 0.3) is 0 Å². The van der Waals surface area contributed by atoms with Crippen molar-refractivity contribution in [2.24, 2.45) is 0 Å². The first kappa shape index (κ1) is 16.9. The van der Waals surface area contributed by atoms with E-state index >= 15 is 0 Å². The first-order valence-electron chi connectivity index (χ1n) is 7.13. The summed E-state index contributed by atoms with van der Waals surface area (Å²) in [6, 6.07) is 0. The first-order valence-corrected chi connectivity index (χ1v) is 7.13. The van der Waals surface area contributed by atoms with Gasteiger partial charge >= 0.3 is 0 Å². The molecule has 3 nitrogen and oxygen atoms in total. The highest BCUT2D eigenvalue weighted by Gasteiger charge is 2.01. The summed E-state index contributed by atoms with van der Waals surface area (Å²) in [4.78, 5) is 2.18. The minimum atomic E-state index is 0.419. The van der Waals surface area contributed by atoms with Gasteiger partial charge in [0.15, 0.2) is 0 Å². The van der Waals surface area contributed by atoms with E-state index in [9.17, 15) is 0 Å². The van der Waals surface area contributed by atoms with Crippen molar-refractivity contribution in [2.75, 3.05) is 40.3 Å². The molecule has 0 amide bonds. The van der Waals surface area contributed by atoms with E-state index in [1.54, 1.807) is 0 Å². The Bertz CT molecular complexity index is 151. The van der Waals surface area contributed by atoms with Gasteiger partial charge in [-0.25, -0.2) is 0 Å². The highest BCUT2D eigenvalue weighted by molar-refractivity contribution is 4.54. The van der Waals surface area contributed by atoms with Crippen LogP contribution < -0.4 is 5.32 Å². The van der Waals surface area contributed by atoms with Crippen molar-refractivity contribution in [3.63, 3.8) is 0 Å². The quantitative estimate of drug-likeness (QED) is 0.534. The van der Waals surface area contributed by atoms with E-state index in [4.69, 9.17) is 4.74 Å². The third-order valence-electron chi connectivity index (χ3n) is 2.88. The molecular formula is C14H32N2O. The molecule has 0 saturated carbocycles. The van der Waals surface area contributed by atoms with Gasteiger partial charge in [-0.2, -0.15) is 0 Å². The molecule has 0 aliphatic carbocycles. The number of unbranched alkanes of at least 4 members (excludes halogenated alkanes) is 3. The Hall–Kier alpha value is -0.120. The van der Waals surface area contributed by atoms with Gasteiger partial charge in [-0.05, 0) is 27.4 Å². The van der Waals surface area contributed by atoms with Crippen molar-refractivity contribution >= 4 is 0 Å². The molecule has 0 heterocycles. The van der Waals surface area contributed by atoms with Crippen molar-refractivity contribution in [3.05, 3.63) is 0 Å². The molecule has 0 aliphatic rings. The zero-order valence-corrected chi connectivity index (χ0v) is 12.3. The van der Waals surface area contributed by atoms with E-state index in [0.29, 0.717) is 6.10 Å². The van der Waals surface area contributed by atoms with Crippen LogP contribution in [-0.4, -0.2) is 51.3 Å². The van der Waals surface area contributed by atoms with Gasteiger partial charge < -0.3 is 15.0 Å². The fourth-order valence-corrected chi connectivity index (χ4v) is 1.70.